The first-order valence-electron chi connectivity index (χ1n) is 20.1. The van der Waals surface area contributed by atoms with Crippen molar-refractivity contribution in [1.29, 1.82) is 0 Å². The zero-order valence-corrected chi connectivity index (χ0v) is 34.4. The third-order valence-corrected chi connectivity index (χ3v) is 13.3. The Morgan fingerprint density at radius 3 is 2.22 bits per heavy atom. The minimum atomic E-state index is -1.55. The number of hydrogen-bond donors (Lipinski definition) is 5. The van der Waals surface area contributed by atoms with Gasteiger partial charge in [0.25, 0.3) is 0 Å². The van der Waals surface area contributed by atoms with E-state index in [4.69, 9.17) is 23.8 Å². The zero-order valence-electron chi connectivity index (χ0n) is 33.6. The molecule has 3 saturated carbocycles. The number of thioether (sulfide) groups is 1. The Morgan fingerprint density at radius 1 is 0.909 bits per heavy atom. The van der Waals surface area contributed by atoms with E-state index in [0.717, 1.165) is 12.0 Å². The molecular weight excluding hydrogens is 733 g/mol. The third kappa shape index (κ3) is 11.5. The number of nitrogens with one attached hydrogen (secondary N) is 2. The number of amides is 1. The number of ether oxygens (including phenoxy) is 4. The van der Waals surface area contributed by atoms with Crippen molar-refractivity contribution in [3.63, 3.8) is 0 Å². The molecule has 4 aliphatic rings. The highest BCUT2D eigenvalue weighted by Gasteiger charge is 2.68. The standard InChI is InChI=1S/C40H66N2O12S/c1-37(2,3)53-36(48)41-16-6-19-50-21-23-52-24-22-51-20-7-17-42-54-33(47)13-25-55-35-29-9-8-27-28-10-15-40(49,32(46)12-18-43)39(28,5)26-31(45)34(27)38(29,4)14-11-30(35)44/h27-28,31,34,42-43,45,49H,6-26H2,1-5H3,(H,41,48)/t27?,28?,31?,34?,38?,39?,40-/m0/s1. The van der Waals surface area contributed by atoms with E-state index >= 15 is 0 Å². The molecule has 0 spiro atoms. The van der Waals surface area contributed by atoms with Crippen molar-refractivity contribution in [3.05, 3.63) is 10.5 Å². The van der Waals surface area contributed by atoms with Crippen LogP contribution < -0.4 is 10.8 Å². The summed E-state index contributed by atoms with van der Waals surface area (Å²) in [6.07, 6.45) is 4.04. The molecule has 314 valence electrons. The van der Waals surface area contributed by atoms with Crippen LogP contribution in [0, 0.1) is 28.6 Å². The molecule has 4 aliphatic carbocycles. The Hall–Kier alpha value is -2.11. The van der Waals surface area contributed by atoms with Crippen LogP contribution in [0.25, 0.3) is 0 Å². The summed E-state index contributed by atoms with van der Waals surface area (Å²) in [4.78, 5) is 56.2. The lowest BCUT2D eigenvalue weighted by Crippen LogP contribution is -2.61. The van der Waals surface area contributed by atoms with E-state index in [2.05, 4.69) is 17.7 Å². The summed E-state index contributed by atoms with van der Waals surface area (Å²) in [5.74, 6) is -0.162. The van der Waals surface area contributed by atoms with E-state index in [0.29, 0.717) is 115 Å². The van der Waals surface area contributed by atoms with Crippen LogP contribution in [-0.2, 0) is 38.2 Å². The van der Waals surface area contributed by atoms with Crippen molar-refractivity contribution < 1.29 is 58.3 Å². The van der Waals surface area contributed by atoms with E-state index in [1.807, 2.05) is 27.7 Å². The number of hydrogen-bond acceptors (Lipinski definition) is 14. The fraction of sp³-hybridized carbons (Fsp3) is 0.850. The summed E-state index contributed by atoms with van der Waals surface area (Å²) in [5.41, 5.74) is 0.551. The number of Topliss-reactive ketones (excluding diaryl/α,β-unsaturated/α-hetero) is 2. The van der Waals surface area contributed by atoms with Crippen LogP contribution in [0.2, 0.25) is 0 Å². The SMILES string of the molecule is CC(C)(C)OC(=O)NCCCOCCOCCOCCCNOC(=O)CCSC1=C2CCC3C(C(O)CC4(C)C3CC[C@]4(O)C(=O)CCO)C2(C)CCC1=O. The molecule has 5 N–H and O–H groups in total. The Bertz CT molecular complexity index is 1360. The summed E-state index contributed by atoms with van der Waals surface area (Å²) in [6.45, 7) is 12.9. The van der Waals surface area contributed by atoms with Gasteiger partial charge >= 0.3 is 12.1 Å². The third-order valence-electron chi connectivity index (χ3n) is 12.1. The number of carbonyl (C=O) groups excluding carboxylic acids is 4. The van der Waals surface area contributed by atoms with Gasteiger partial charge in [0.15, 0.2) is 11.6 Å². The maximum absolute atomic E-state index is 13.2. The second kappa shape index (κ2) is 20.5. The molecule has 0 aliphatic heterocycles. The van der Waals surface area contributed by atoms with Crippen LogP contribution in [0.3, 0.4) is 0 Å². The van der Waals surface area contributed by atoms with Crippen LogP contribution in [0.1, 0.15) is 105 Å². The molecule has 1 amide bonds. The lowest BCUT2D eigenvalue weighted by Gasteiger charge is -2.60. The Balaban J connectivity index is 1.08. The number of rotatable bonds is 22. The smallest absolute Gasteiger partial charge is 0.407 e. The van der Waals surface area contributed by atoms with E-state index in [1.165, 1.54) is 11.8 Å². The summed E-state index contributed by atoms with van der Waals surface area (Å²) in [7, 11) is 0. The van der Waals surface area contributed by atoms with Gasteiger partial charge in [-0.15, -0.1) is 11.8 Å². The molecule has 6 unspecified atom stereocenters. The molecule has 7 atom stereocenters. The Kier molecular flexibility index (Phi) is 17.0. The molecule has 0 radical (unpaired) electrons. The normalized spacial score (nSPS) is 30.4. The second-order valence-electron chi connectivity index (χ2n) is 16.9. The van der Waals surface area contributed by atoms with Gasteiger partial charge in [-0.2, -0.15) is 5.48 Å². The van der Waals surface area contributed by atoms with Gasteiger partial charge in [-0.3, -0.25) is 14.4 Å². The highest BCUT2D eigenvalue weighted by atomic mass is 32.2. The van der Waals surface area contributed by atoms with Gasteiger partial charge in [0.2, 0.25) is 0 Å². The van der Waals surface area contributed by atoms with Crippen molar-refractivity contribution in [2.45, 2.75) is 123 Å². The Labute approximate surface area is 330 Å². The highest BCUT2D eigenvalue weighted by molar-refractivity contribution is 8.04. The molecule has 0 aromatic rings. The first-order chi connectivity index (χ1) is 26.1. The van der Waals surface area contributed by atoms with Crippen LogP contribution in [0.5, 0.6) is 0 Å². The summed E-state index contributed by atoms with van der Waals surface area (Å²) in [6, 6.07) is 0. The number of ketones is 2. The van der Waals surface area contributed by atoms with Crippen molar-refractivity contribution in [2.24, 2.45) is 28.6 Å². The molecule has 0 heterocycles. The van der Waals surface area contributed by atoms with Crippen LogP contribution in [0.15, 0.2) is 10.5 Å². The van der Waals surface area contributed by atoms with Gasteiger partial charge in [0, 0.05) is 50.3 Å². The largest absolute Gasteiger partial charge is 0.444 e. The number of alkyl carbamates (subject to hydrolysis) is 1. The molecule has 0 bridgehead atoms. The number of carbonyl (C=O) groups is 4. The number of aliphatic hydroxyl groups excluding tert-OH is 2. The van der Waals surface area contributed by atoms with E-state index in [9.17, 15) is 34.5 Å². The first kappa shape index (κ1) is 45.6. The molecule has 4 rings (SSSR count). The lowest BCUT2D eigenvalue weighted by atomic mass is 9.45. The topological polar surface area (TPSA) is 199 Å². The first-order valence-corrected chi connectivity index (χ1v) is 21.1. The zero-order chi connectivity index (χ0) is 40.3. The lowest BCUT2D eigenvalue weighted by molar-refractivity contribution is -0.181. The van der Waals surface area contributed by atoms with Crippen LogP contribution in [-0.4, -0.2) is 121 Å². The molecule has 0 saturated heterocycles. The Morgan fingerprint density at radius 2 is 1.56 bits per heavy atom. The molecule has 3 fully saturated rings. The molecule has 0 aromatic heterocycles. The summed E-state index contributed by atoms with van der Waals surface area (Å²) < 4.78 is 21.7. The van der Waals surface area contributed by atoms with Gasteiger partial charge in [0.05, 0.1) is 50.5 Å². The van der Waals surface area contributed by atoms with Crippen molar-refractivity contribution >= 4 is 35.4 Å². The molecule has 14 nitrogen and oxygen atoms in total. The van der Waals surface area contributed by atoms with Crippen LogP contribution >= 0.6 is 11.8 Å². The van der Waals surface area contributed by atoms with E-state index < -0.39 is 34.8 Å². The predicted molar refractivity (Wildman–Crippen MR) is 206 cm³/mol. The number of fused-ring (bicyclic) bond motifs is 5. The van der Waals surface area contributed by atoms with Gasteiger partial charge < -0.3 is 44.4 Å². The monoisotopic (exact) mass is 798 g/mol. The van der Waals surface area contributed by atoms with Gasteiger partial charge in [-0.1, -0.05) is 13.8 Å². The molecule has 15 heteroatoms. The predicted octanol–water partition coefficient (Wildman–Crippen LogP) is 4.03. The quantitative estimate of drug-likeness (QED) is 0.0777. The summed E-state index contributed by atoms with van der Waals surface area (Å²) >= 11 is 1.41. The van der Waals surface area contributed by atoms with Crippen molar-refractivity contribution in [3.8, 4) is 0 Å². The maximum atomic E-state index is 13.2. The maximum Gasteiger partial charge on any atom is 0.407 e. The molecule has 0 aromatic carbocycles. The molecule has 55 heavy (non-hydrogen) atoms. The van der Waals surface area contributed by atoms with Gasteiger partial charge in [-0.25, -0.2) is 4.79 Å². The van der Waals surface area contributed by atoms with Crippen molar-refractivity contribution in [2.75, 3.05) is 65.1 Å². The fourth-order valence-corrected chi connectivity index (χ4v) is 10.9. The van der Waals surface area contributed by atoms with Crippen LogP contribution in [0.4, 0.5) is 4.79 Å². The minimum absolute atomic E-state index is 0.0690. The number of aliphatic hydroxyl groups is 3. The fourth-order valence-electron chi connectivity index (χ4n) is 9.62. The second-order valence-corrected chi connectivity index (χ2v) is 18.0. The highest BCUT2D eigenvalue weighted by Crippen LogP contribution is 2.68. The van der Waals surface area contributed by atoms with Gasteiger partial charge in [-0.05, 0) is 101 Å². The average Bonchev–Trinajstić information content (AvgIpc) is 3.38. The number of hydroxylamine groups is 1. The van der Waals surface area contributed by atoms with E-state index in [-0.39, 0.29) is 54.2 Å². The number of allylic oxidation sites excluding steroid dienone is 1. The minimum Gasteiger partial charge on any atom is -0.444 e. The van der Waals surface area contributed by atoms with Gasteiger partial charge in [0.1, 0.15) is 11.2 Å². The summed E-state index contributed by atoms with van der Waals surface area (Å²) in [5, 5.41) is 35.5. The molecular formula is C40H66N2O12S. The van der Waals surface area contributed by atoms with Crippen molar-refractivity contribution in [1.82, 2.24) is 10.8 Å². The average molecular weight is 799 g/mol. The van der Waals surface area contributed by atoms with E-state index in [1.54, 1.807) is 0 Å².